The Morgan fingerprint density at radius 3 is 2.62 bits per heavy atom. The van der Waals surface area contributed by atoms with Gasteiger partial charge in [-0.15, -0.1) is 0 Å². The number of aromatic nitrogens is 1. The minimum Gasteiger partial charge on any atom is -0.262 e. The van der Waals surface area contributed by atoms with Crippen molar-refractivity contribution in [3.63, 3.8) is 0 Å². The second kappa shape index (κ2) is 8.47. The maximum atomic E-state index is 5.91. The predicted molar refractivity (Wildman–Crippen MR) is 96.8 cm³/mol. The number of hydrogen-bond donors (Lipinski definition) is 0. The van der Waals surface area contributed by atoms with E-state index >= 15 is 0 Å². The molecule has 0 bridgehead atoms. The average molecular weight is 337 g/mol. The number of halogens is 1. The second-order valence-corrected chi connectivity index (χ2v) is 7.89. The molecule has 21 heavy (non-hydrogen) atoms. The molecule has 1 aromatic heterocycles. The van der Waals surface area contributed by atoms with Gasteiger partial charge in [-0.3, -0.25) is 4.98 Å². The lowest BCUT2D eigenvalue weighted by Crippen LogP contribution is -1.95. The normalized spacial score (nSPS) is 11.9. The molecule has 110 valence electrons. The monoisotopic (exact) mass is 336 g/mol. The molecule has 0 N–H and O–H groups in total. The molecule has 0 atom stereocenters. The summed E-state index contributed by atoms with van der Waals surface area (Å²) in [5.41, 5.74) is 2.14. The van der Waals surface area contributed by atoms with Crippen LogP contribution in [0.1, 0.15) is 19.4 Å². The van der Waals surface area contributed by atoms with Crippen LogP contribution < -0.4 is 0 Å². The van der Waals surface area contributed by atoms with E-state index in [0.29, 0.717) is 5.25 Å². The Balaban J connectivity index is 2.06. The number of thioether (sulfide) groups is 2. The molecule has 0 saturated carbocycles. The van der Waals surface area contributed by atoms with Crippen LogP contribution in [0.5, 0.6) is 0 Å². The van der Waals surface area contributed by atoms with E-state index in [1.807, 2.05) is 24.3 Å². The van der Waals surface area contributed by atoms with Crippen LogP contribution in [0.2, 0.25) is 5.02 Å². The van der Waals surface area contributed by atoms with Crippen molar-refractivity contribution >= 4 is 45.2 Å². The smallest absolute Gasteiger partial charge is 0.131 e. The van der Waals surface area contributed by atoms with Crippen molar-refractivity contribution in [2.24, 2.45) is 4.99 Å². The molecule has 0 aliphatic rings. The van der Waals surface area contributed by atoms with Crippen molar-refractivity contribution in [3.05, 3.63) is 59.4 Å². The minimum atomic E-state index is 0.498. The summed E-state index contributed by atoms with van der Waals surface area (Å²) >= 11 is 9.43. The molecular weight excluding hydrogens is 320 g/mol. The summed E-state index contributed by atoms with van der Waals surface area (Å²) in [4.78, 5) is 8.79. The molecule has 0 radical (unpaired) electrons. The van der Waals surface area contributed by atoms with Gasteiger partial charge >= 0.3 is 0 Å². The zero-order chi connectivity index (χ0) is 15.1. The van der Waals surface area contributed by atoms with Gasteiger partial charge in [0.15, 0.2) is 0 Å². The standard InChI is InChI=1S/C16H17ClN2S2/c1-12(2)21-16(19-15-4-3-9-18-10-15)20-11-13-5-7-14(17)8-6-13/h3-10,12H,11H2,1-2H3. The van der Waals surface area contributed by atoms with Gasteiger partial charge in [0.05, 0.1) is 11.9 Å². The molecule has 0 aliphatic heterocycles. The quantitative estimate of drug-likeness (QED) is 0.521. The molecule has 2 aromatic rings. The van der Waals surface area contributed by atoms with Gasteiger partial charge in [-0.2, -0.15) is 0 Å². The first-order valence-corrected chi connectivity index (χ1v) is 8.90. The van der Waals surface area contributed by atoms with Crippen LogP contribution in [0.25, 0.3) is 0 Å². The highest BCUT2D eigenvalue weighted by Crippen LogP contribution is 2.28. The summed E-state index contributed by atoms with van der Waals surface area (Å²) < 4.78 is 1.06. The highest BCUT2D eigenvalue weighted by atomic mass is 35.5. The fourth-order valence-corrected chi connectivity index (χ4v) is 3.91. The van der Waals surface area contributed by atoms with Gasteiger partial charge < -0.3 is 0 Å². The third kappa shape index (κ3) is 6.12. The first-order chi connectivity index (χ1) is 10.1. The molecule has 0 spiro atoms. The maximum Gasteiger partial charge on any atom is 0.131 e. The second-order valence-electron chi connectivity index (χ2n) is 4.67. The van der Waals surface area contributed by atoms with Crippen LogP contribution in [-0.2, 0) is 5.75 Å². The van der Waals surface area contributed by atoms with Crippen LogP contribution in [0, 0.1) is 0 Å². The van der Waals surface area contributed by atoms with Crippen LogP contribution in [0.15, 0.2) is 53.8 Å². The largest absolute Gasteiger partial charge is 0.262 e. The molecule has 1 heterocycles. The van der Waals surface area contributed by atoms with Crippen LogP contribution in [0.3, 0.4) is 0 Å². The Morgan fingerprint density at radius 2 is 2.00 bits per heavy atom. The van der Waals surface area contributed by atoms with E-state index in [-0.39, 0.29) is 0 Å². The topological polar surface area (TPSA) is 25.2 Å². The molecule has 5 heteroatoms. The number of aliphatic imine (C=N–C) groups is 1. The van der Waals surface area contributed by atoms with Crippen molar-refractivity contribution in [2.75, 3.05) is 0 Å². The van der Waals surface area contributed by atoms with Crippen LogP contribution in [0.4, 0.5) is 5.69 Å². The number of rotatable bonds is 4. The van der Waals surface area contributed by atoms with Crippen LogP contribution in [-0.4, -0.2) is 14.6 Å². The lowest BCUT2D eigenvalue weighted by atomic mass is 10.2. The highest BCUT2D eigenvalue weighted by molar-refractivity contribution is 8.38. The van der Waals surface area contributed by atoms with E-state index in [9.17, 15) is 0 Å². The summed E-state index contributed by atoms with van der Waals surface area (Å²) in [7, 11) is 0. The van der Waals surface area contributed by atoms with Gasteiger partial charge in [0.1, 0.15) is 4.38 Å². The van der Waals surface area contributed by atoms with Gasteiger partial charge in [-0.05, 0) is 29.8 Å². The lowest BCUT2D eigenvalue weighted by Gasteiger charge is -2.09. The van der Waals surface area contributed by atoms with Crippen molar-refractivity contribution in [1.29, 1.82) is 0 Å². The third-order valence-electron chi connectivity index (χ3n) is 2.48. The van der Waals surface area contributed by atoms with Crippen molar-refractivity contribution in [3.8, 4) is 0 Å². The first-order valence-electron chi connectivity index (χ1n) is 6.66. The number of pyridine rings is 1. The SMILES string of the molecule is CC(C)SC(=Nc1cccnc1)SCc1ccc(Cl)cc1. The van der Waals surface area contributed by atoms with E-state index in [1.54, 1.807) is 35.9 Å². The fraction of sp³-hybridized carbons (Fsp3) is 0.250. The third-order valence-corrected chi connectivity index (χ3v) is 4.95. The molecule has 2 nitrogen and oxygen atoms in total. The van der Waals surface area contributed by atoms with Crippen molar-refractivity contribution in [1.82, 2.24) is 4.98 Å². The Morgan fingerprint density at radius 1 is 1.24 bits per heavy atom. The molecule has 0 unspecified atom stereocenters. The van der Waals surface area contributed by atoms with Gasteiger partial charge in [0, 0.05) is 22.2 Å². The molecule has 0 fully saturated rings. The van der Waals surface area contributed by atoms with Gasteiger partial charge in [0.2, 0.25) is 0 Å². The van der Waals surface area contributed by atoms with Crippen molar-refractivity contribution < 1.29 is 0 Å². The Bertz CT molecular complexity index is 583. The van der Waals surface area contributed by atoms with E-state index in [0.717, 1.165) is 20.8 Å². The van der Waals surface area contributed by atoms with E-state index < -0.39 is 0 Å². The van der Waals surface area contributed by atoms with Gasteiger partial charge in [-0.1, -0.05) is 61.1 Å². The molecule has 1 aromatic carbocycles. The van der Waals surface area contributed by atoms with E-state index in [1.165, 1.54) is 5.56 Å². The maximum absolute atomic E-state index is 5.91. The van der Waals surface area contributed by atoms with Crippen molar-refractivity contribution in [2.45, 2.75) is 24.9 Å². The summed E-state index contributed by atoms with van der Waals surface area (Å²) in [6, 6.07) is 11.8. The zero-order valence-electron chi connectivity index (χ0n) is 12.0. The predicted octanol–water partition coefficient (Wildman–Crippen LogP) is 5.80. The Hall–Kier alpha value is -0.970. The van der Waals surface area contributed by atoms with Crippen LogP contribution >= 0.6 is 35.1 Å². The molecular formula is C16H17ClN2S2. The summed E-state index contributed by atoms with van der Waals surface area (Å²) in [5.74, 6) is 0.885. The number of hydrogen-bond acceptors (Lipinski definition) is 4. The first kappa shape index (κ1) is 16.4. The molecule has 0 saturated heterocycles. The van der Waals surface area contributed by atoms with E-state index in [4.69, 9.17) is 11.6 Å². The fourth-order valence-electron chi connectivity index (χ4n) is 1.55. The minimum absolute atomic E-state index is 0.498. The number of nitrogens with zero attached hydrogens (tertiary/aromatic N) is 2. The van der Waals surface area contributed by atoms with Gasteiger partial charge in [0.25, 0.3) is 0 Å². The summed E-state index contributed by atoms with van der Waals surface area (Å²) in [6.45, 7) is 4.35. The molecule has 2 rings (SSSR count). The number of benzene rings is 1. The lowest BCUT2D eigenvalue weighted by molar-refractivity contribution is 1.12. The van der Waals surface area contributed by atoms with Gasteiger partial charge in [-0.25, -0.2) is 4.99 Å². The zero-order valence-corrected chi connectivity index (χ0v) is 14.4. The molecule has 0 aliphatic carbocycles. The van der Waals surface area contributed by atoms with E-state index in [2.05, 4.69) is 36.0 Å². The summed E-state index contributed by atoms with van der Waals surface area (Å²) in [6.07, 6.45) is 3.54. The Kier molecular flexibility index (Phi) is 6.61. The summed E-state index contributed by atoms with van der Waals surface area (Å²) in [5, 5.41) is 1.27. The molecule has 0 amide bonds. The average Bonchev–Trinajstić information content (AvgIpc) is 2.47. The Labute approximate surface area is 139 Å². The highest BCUT2D eigenvalue weighted by Gasteiger charge is 2.06.